The van der Waals surface area contributed by atoms with E-state index in [9.17, 15) is 0 Å². The van der Waals surface area contributed by atoms with Crippen molar-refractivity contribution in [2.45, 2.75) is 20.6 Å². The molecule has 5 aromatic carbocycles. The van der Waals surface area contributed by atoms with Gasteiger partial charge in [-0.2, -0.15) is 0 Å². The number of para-hydroxylation sites is 1. The molecule has 0 unspecified atom stereocenters. The second-order valence-corrected chi connectivity index (χ2v) is 12.0. The molecule has 0 aliphatic rings. The van der Waals surface area contributed by atoms with E-state index < -0.39 is 13.7 Å². The first-order valence-electron chi connectivity index (χ1n) is 19.2. The van der Waals surface area contributed by atoms with Crippen LogP contribution in [0.5, 0.6) is 0 Å². The molecular weight excluding hydrogens is 803 g/mol. The molecule has 0 aliphatic carbocycles. The van der Waals surface area contributed by atoms with Gasteiger partial charge in [0.15, 0.2) is 0 Å². The third kappa shape index (κ3) is 6.74. The zero-order valence-electron chi connectivity index (χ0n) is 33.4. The topological polar surface area (TPSA) is 51.8 Å². The van der Waals surface area contributed by atoms with E-state index in [0.29, 0.717) is 11.3 Å². The van der Waals surface area contributed by atoms with Gasteiger partial charge in [0, 0.05) is 69.5 Å². The molecule has 0 saturated carbocycles. The van der Waals surface area contributed by atoms with Crippen molar-refractivity contribution in [3.05, 3.63) is 175 Å². The Morgan fingerprint density at radius 1 is 0.627 bits per heavy atom. The van der Waals surface area contributed by atoms with Crippen LogP contribution in [0.3, 0.4) is 0 Å². The first-order valence-corrected chi connectivity index (χ1v) is 16.2. The number of nitrogens with zero attached hydrogens (tertiary/aromatic N) is 3. The van der Waals surface area contributed by atoms with E-state index in [2.05, 4.69) is 95.8 Å². The number of pyridine rings is 3. The summed E-state index contributed by atoms with van der Waals surface area (Å²) in [6.07, 6.45) is 6.91. The molecule has 0 aliphatic heterocycles. The number of hydrogen-bond acceptors (Lipinski definition) is 4. The molecule has 0 fully saturated rings. The molecule has 0 spiro atoms. The van der Waals surface area contributed by atoms with Gasteiger partial charge in [-0.3, -0.25) is 4.98 Å². The minimum atomic E-state index is -2.18. The van der Waals surface area contributed by atoms with Crippen LogP contribution >= 0.6 is 0 Å². The standard InChI is InChI=1S/C33H21N2O.C13H12N.Ir/c1-21-13-14-27(30-19-24(16-18-35-30)22-7-3-2-4-8-22)33-31(21)28-12-6-11-26(32(28)36-33)25-10-5-9-23-15-17-34-20-29(23)25;1-10-3-6-12(7-4-10)13-8-5-11(2)9-14-13;/h2-13,15-20H,1H3;3-6,8-9H,1-2H3;/q2*-1;/i;1D3,2D3;. The van der Waals surface area contributed by atoms with Gasteiger partial charge in [0.25, 0.3) is 0 Å². The van der Waals surface area contributed by atoms with Crippen LogP contribution in [-0.2, 0) is 20.1 Å². The van der Waals surface area contributed by atoms with Crippen molar-refractivity contribution >= 4 is 32.7 Å². The number of aryl methyl sites for hydroxylation is 3. The van der Waals surface area contributed by atoms with E-state index in [-0.39, 0.29) is 31.2 Å². The smallest absolute Gasteiger partial charge is 0.128 e. The number of fused-ring (bicyclic) bond motifs is 4. The number of hydrogen-bond donors (Lipinski definition) is 0. The number of benzene rings is 5. The van der Waals surface area contributed by atoms with Crippen LogP contribution in [0, 0.1) is 32.8 Å². The summed E-state index contributed by atoms with van der Waals surface area (Å²) in [7, 11) is 0. The maximum absolute atomic E-state index is 7.28. The van der Waals surface area contributed by atoms with Gasteiger partial charge >= 0.3 is 0 Å². The predicted molar refractivity (Wildman–Crippen MR) is 205 cm³/mol. The molecule has 0 bridgehead atoms. The number of furan rings is 1. The SMILES string of the molecule is Cc1c[c-]c(-c2cc(-c3ccccc3)ccn2)c2oc3c(-c4cccc5ccncc45)cccc3c12.[2H]C([2H])([2H])c1c[c-]c(-c2ccc(C([2H])([2H])[2H])cn2)cc1.[Ir]. The van der Waals surface area contributed by atoms with Gasteiger partial charge in [-0.25, -0.2) is 0 Å². The van der Waals surface area contributed by atoms with E-state index in [1.807, 2.05) is 42.9 Å². The Hall–Kier alpha value is -5.74. The molecule has 0 atom stereocenters. The summed E-state index contributed by atoms with van der Waals surface area (Å²) < 4.78 is 50.4. The van der Waals surface area contributed by atoms with Gasteiger partial charge in [-0.05, 0) is 58.0 Å². The van der Waals surface area contributed by atoms with Crippen LogP contribution in [0.4, 0.5) is 0 Å². The van der Waals surface area contributed by atoms with Crippen LogP contribution in [0.1, 0.15) is 24.9 Å². The Morgan fingerprint density at radius 3 is 2.27 bits per heavy atom. The molecule has 9 aromatic rings. The molecule has 0 amide bonds. The van der Waals surface area contributed by atoms with Crippen LogP contribution < -0.4 is 0 Å². The van der Waals surface area contributed by atoms with Gasteiger partial charge in [-0.1, -0.05) is 110 Å². The fourth-order valence-corrected chi connectivity index (χ4v) is 6.27. The summed E-state index contributed by atoms with van der Waals surface area (Å²) in [5, 5.41) is 4.46. The maximum Gasteiger partial charge on any atom is 0.128 e. The molecular formula is C46H33IrN3O-2. The third-order valence-corrected chi connectivity index (χ3v) is 8.72. The van der Waals surface area contributed by atoms with Crippen LogP contribution in [0.2, 0.25) is 0 Å². The van der Waals surface area contributed by atoms with E-state index in [1.165, 1.54) is 24.4 Å². The Bertz CT molecular complexity index is 2780. The van der Waals surface area contributed by atoms with Crippen LogP contribution in [-0.4, -0.2) is 15.0 Å². The Labute approximate surface area is 319 Å². The van der Waals surface area contributed by atoms with Crippen molar-refractivity contribution in [1.82, 2.24) is 15.0 Å². The summed E-state index contributed by atoms with van der Waals surface area (Å²) in [5.41, 5.74) is 10.5. The fourth-order valence-electron chi connectivity index (χ4n) is 6.27. The van der Waals surface area contributed by atoms with Gasteiger partial charge in [-0.15, -0.1) is 53.1 Å². The zero-order valence-corrected chi connectivity index (χ0v) is 29.8. The Balaban J connectivity index is 0.000000202. The molecule has 249 valence electrons. The van der Waals surface area contributed by atoms with Crippen molar-refractivity contribution in [1.29, 1.82) is 0 Å². The van der Waals surface area contributed by atoms with Crippen molar-refractivity contribution in [2.75, 3.05) is 0 Å². The predicted octanol–water partition coefficient (Wildman–Crippen LogP) is 11.8. The minimum Gasteiger partial charge on any atom is -0.500 e. The quantitative estimate of drug-likeness (QED) is 0.166. The number of aromatic nitrogens is 3. The zero-order chi connectivity index (χ0) is 39.0. The summed E-state index contributed by atoms with van der Waals surface area (Å²) in [6.45, 7) is -2.23. The van der Waals surface area contributed by atoms with Crippen molar-refractivity contribution in [3.8, 4) is 44.8 Å². The van der Waals surface area contributed by atoms with E-state index in [0.717, 1.165) is 71.8 Å². The molecule has 4 nitrogen and oxygen atoms in total. The van der Waals surface area contributed by atoms with Gasteiger partial charge in [0.1, 0.15) is 5.58 Å². The summed E-state index contributed by atoms with van der Waals surface area (Å²) in [4.78, 5) is 13.2. The molecule has 5 heteroatoms. The first-order chi connectivity index (χ1) is 27.0. The van der Waals surface area contributed by atoms with E-state index in [1.54, 1.807) is 12.1 Å². The van der Waals surface area contributed by atoms with Crippen molar-refractivity contribution < 1.29 is 32.7 Å². The molecule has 4 aromatic heterocycles. The minimum absolute atomic E-state index is 0. The normalized spacial score (nSPS) is 13.1. The fraction of sp³-hybridized carbons (Fsp3) is 0.0652. The van der Waals surface area contributed by atoms with E-state index in [4.69, 9.17) is 17.6 Å². The third-order valence-electron chi connectivity index (χ3n) is 8.72. The Kier molecular flexibility index (Phi) is 7.75. The second kappa shape index (κ2) is 14.6. The molecule has 4 heterocycles. The maximum atomic E-state index is 7.28. The second-order valence-electron chi connectivity index (χ2n) is 12.0. The molecule has 9 rings (SSSR count). The van der Waals surface area contributed by atoms with Crippen LogP contribution in [0.25, 0.3) is 77.5 Å². The van der Waals surface area contributed by atoms with Crippen molar-refractivity contribution in [3.63, 3.8) is 0 Å². The van der Waals surface area contributed by atoms with Gasteiger partial charge < -0.3 is 14.4 Å². The molecule has 51 heavy (non-hydrogen) atoms. The summed E-state index contributed by atoms with van der Waals surface area (Å²) in [5.74, 6) is 0. The summed E-state index contributed by atoms with van der Waals surface area (Å²) in [6, 6.07) is 45.2. The number of rotatable bonds is 4. The van der Waals surface area contributed by atoms with E-state index >= 15 is 0 Å². The van der Waals surface area contributed by atoms with Gasteiger partial charge in [0.05, 0.1) is 5.58 Å². The average Bonchev–Trinajstić information content (AvgIpc) is 3.62. The summed E-state index contributed by atoms with van der Waals surface area (Å²) >= 11 is 0. The Morgan fingerprint density at radius 2 is 1.47 bits per heavy atom. The molecule has 1 radical (unpaired) electrons. The average molecular weight is 842 g/mol. The molecule has 0 saturated heterocycles. The monoisotopic (exact) mass is 842 g/mol. The van der Waals surface area contributed by atoms with Crippen molar-refractivity contribution in [2.24, 2.45) is 0 Å². The largest absolute Gasteiger partial charge is 0.500 e. The van der Waals surface area contributed by atoms with Crippen LogP contribution in [0.15, 0.2) is 151 Å². The first kappa shape index (κ1) is 27.0. The molecule has 0 N–H and O–H groups in total. The van der Waals surface area contributed by atoms with Gasteiger partial charge in [0.2, 0.25) is 0 Å².